The van der Waals surface area contributed by atoms with Gasteiger partial charge in [0.25, 0.3) is 0 Å². The van der Waals surface area contributed by atoms with E-state index < -0.39 is 0 Å². The fourth-order valence-corrected chi connectivity index (χ4v) is 3.32. The van der Waals surface area contributed by atoms with E-state index in [4.69, 9.17) is 4.74 Å². The second-order valence-electron chi connectivity index (χ2n) is 6.70. The number of benzene rings is 2. The molecule has 1 aliphatic rings. The summed E-state index contributed by atoms with van der Waals surface area (Å²) >= 11 is 0. The van der Waals surface area contributed by atoms with E-state index in [-0.39, 0.29) is 18.7 Å². The summed E-state index contributed by atoms with van der Waals surface area (Å²) in [6.07, 6.45) is 0. The molecule has 0 bridgehead atoms. The molecular weight excluding hydrogens is 312 g/mol. The number of nitrogens with one attached hydrogen (secondary N) is 1. The first-order chi connectivity index (χ1) is 12.2. The predicted octanol–water partition coefficient (Wildman–Crippen LogP) is 3.43. The summed E-state index contributed by atoms with van der Waals surface area (Å²) in [5.41, 5.74) is 4.70. The van der Waals surface area contributed by atoms with Crippen molar-refractivity contribution in [1.29, 1.82) is 0 Å². The van der Waals surface area contributed by atoms with Gasteiger partial charge in [0.1, 0.15) is 0 Å². The Morgan fingerprint density at radius 1 is 1.00 bits per heavy atom. The number of ether oxygens (including phenoxy) is 1. The van der Waals surface area contributed by atoms with Gasteiger partial charge < -0.3 is 20.1 Å². The van der Waals surface area contributed by atoms with Crippen LogP contribution in [0.2, 0.25) is 0 Å². The van der Waals surface area contributed by atoms with E-state index in [0.717, 1.165) is 31.9 Å². The maximum Gasteiger partial charge on any atom is 0.0681 e. The van der Waals surface area contributed by atoms with Crippen LogP contribution < -0.4 is 10.2 Å². The molecule has 2 N–H and O–H groups in total. The molecule has 1 fully saturated rings. The van der Waals surface area contributed by atoms with Gasteiger partial charge in [0.05, 0.1) is 19.8 Å². The molecule has 0 radical (unpaired) electrons. The van der Waals surface area contributed by atoms with Crippen LogP contribution in [0.1, 0.15) is 42.6 Å². The Labute approximate surface area is 150 Å². The summed E-state index contributed by atoms with van der Waals surface area (Å²) in [6, 6.07) is 17.4. The first-order valence-electron chi connectivity index (χ1n) is 9.06. The molecule has 25 heavy (non-hydrogen) atoms. The third kappa shape index (κ3) is 4.60. The van der Waals surface area contributed by atoms with Gasteiger partial charge in [-0.3, -0.25) is 0 Å². The monoisotopic (exact) mass is 340 g/mol. The fourth-order valence-electron chi connectivity index (χ4n) is 3.32. The van der Waals surface area contributed by atoms with E-state index in [2.05, 4.69) is 60.5 Å². The number of aliphatic hydroxyl groups is 1. The topological polar surface area (TPSA) is 44.7 Å². The van der Waals surface area contributed by atoms with Gasteiger partial charge in [0.2, 0.25) is 0 Å². The highest BCUT2D eigenvalue weighted by atomic mass is 16.5. The number of rotatable bonds is 6. The minimum absolute atomic E-state index is 0.0825. The van der Waals surface area contributed by atoms with Crippen molar-refractivity contribution in [3.8, 4) is 0 Å². The van der Waals surface area contributed by atoms with Crippen LogP contribution in [0.3, 0.4) is 0 Å². The van der Waals surface area contributed by atoms with Gasteiger partial charge >= 0.3 is 0 Å². The summed E-state index contributed by atoms with van der Waals surface area (Å²) in [7, 11) is 0. The number of hydrogen-bond donors (Lipinski definition) is 2. The molecule has 4 nitrogen and oxygen atoms in total. The molecule has 0 saturated carbocycles. The number of morpholine rings is 1. The van der Waals surface area contributed by atoms with Crippen LogP contribution in [0.5, 0.6) is 0 Å². The van der Waals surface area contributed by atoms with Crippen LogP contribution >= 0.6 is 0 Å². The maximum atomic E-state index is 9.30. The van der Waals surface area contributed by atoms with Crippen molar-refractivity contribution < 1.29 is 9.84 Å². The molecular formula is C21H28N2O2. The van der Waals surface area contributed by atoms with Crippen LogP contribution in [0, 0.1) is 0 Å². The molecule has 0 amide bonds. The zero-order chi connectivity index (χ0) is 17.6. The number of hydrogen-bond acceptors (Lipinski definition) is 4. The highest BCUT2D eigenvalue weighted by Crippen LogP contribution is 2.23. The molecule has 1 saturated heterocycles. The van der Waals surface area contributed by atoms with Gasteiger partial charge in [-0.15, -0.1) is 0 Å². The highest BCUT2D eigenvalue weighted by Gasteiger charge is 2.14. The Morgan fingerprint density at radius 2 is 1.68 bits per heavy atom. The Hall–Kier alpha value is -1.88. The third-order valence-corrected chi connectivity index (χ3v) is 4.90. The van der Waals surface area contributed by atoms with Gasteiger partial charge in [-0.05, 0) is 42.7 Å². The molecule has 0 spiro atoms. The smallest absolute Gasteiger partial charge is 0.0681 e. The predicted molar refractivity (Wildman–Crippen MR) is 102 cm³/mol. The summed E-state index contributed by atoms with van der Waals surface area (Å²) in [6.45, 7) is 7.98. The van der Waals surface area contributed by atoms with Gasteiger partial charge in [-0.25, -0.2) is 0 Å². The lowest BCUT2D eigenvalue weighted by atomic mass is 10.0. The van der Waals surface area contributed by atoms with E-state index in [1.54, 1.807) is 0 Å². The standard InChI is InChI=1S/C21H28N2O2/c1-16(22-17(2)20-5-3-4-18(14-20)15-24)19-6-8-21(9-7-19)23-10-12-25-13-11-23/h3-9,14,16-17,22,24H,10-13,15H2,1-2H3. The lowest BCUT2D eigenvalue weighted by molar-refractivity contribution is 0.122. The first kappa shape index (κ1) is 17.9. The minimum Gasteiger partial charge on any atom is -0.392 e. The zero-order valence-corrected chi connectivity index (χ0v) is 15.1. The summed E-state index contributed by atoms with van der Waals surface area (Å²) < 4.78 is 5.42. The first-order valence-corrected chi connectivity index (χ1v) is 9.06. The second-order valence-corrected chi connectivity index (χ2v) is 6.70. The van der Waals surface area contributed by atoms with Crippen molar-refractivity contribution in [2.24, 2.45) is 0 Å². The Bertz CT molecular complexity index is 666. The second kappa shape index (κ2) is 8.48. The van der Waals surface area contributed by atoms with Crippen molar-refractivity contribution in [2.45, 2.75) is 32.5 Å². The van der Waals surface area contributed by atoms with Gasteiger partial charge in [-0.2, -0.15) is 0 Å². The van der Waals surface area contributed by atoms with Crippen molar-refractivity contribution >= 4 is 5.69 Å². The van der Waals surface area contributed by atoms with E-state index in [9.17, 15) is 5.11 Å². The van der Waals surface area contributed by atoms with Crippen molar-refractivity contribution in [3.63, 3.8) is 0 Å². The quantitative estimate of drug-likeness (QED) is 0.846. The average molecular weight is 340 g/mol. The Kier molecular flexibility index (Phi) is 6.08. The summed E-state index contributed by atoms with van der Waals surface area (Å²) in [4.78, 5) is 2.37. The SMILES string of the molecule is CC(NC(C)c1cccc(CO)c1)c1ccc(N2CCOCC2)cc1. The lowest BCUT2D eigenvalue weighted by Gasteiger charge is -2.29. The summed E-state index contributed by atoms with van der Waals surface area (Å²) in [5.74, 6) is 0. The van der Waals surface area contributed by atoms with Gasteiger partial charge in [0, 0.05) is 30.9 Å². The number of anilines is 1. The fraction of sp³-hybridized carbons (Fsp3) is 0.429. The van der Waals surface area contributed by atoms with Crippen LogP contribution in [0.25, 0.3) is 0 Å². The Morgan fingerprint density at radius 3 is 2.36 bits per heavy atom. The molecule has 3 rings (SSSR count). The van der Waals surface area contributed by atoms with Crippen molar-refractivity contribution in [2.75, 3.05) is 31.2 Å². The molecule has 0 aliphatic carbocycles. The molecule has 2 unspecified atom stereocenters. The molecule has 2 aromatic carbocycles. The van der Waals surface area contributed by atoms with Crippen molar-refractivity contribution in [3.05, 3.63) is 65.2 Å². The molecule has 1 heterocycles. The van der Waals surface area contributed by atoms with E-state index in [0.29, 0.717) is 0 Å². The summed E-state index contributed by atoms with van der Waals surface area (Å²) in [5, 5.41) is 13.0. The molecule has 2 atom stereocenters. The maximum absolute atomic E-state index is 9.30. The van der Waals surface area contributed by atoms with Crippen LogP contribution in [0.4, 0.5) is 5.69 Å². The average Bonchev–Trinajstić information content (AvgIpc) is 2.68. The molecule has 4 heteroatoms. The molecule has 2 aromatic rings. The largest absolute Gasteiger partial charge is 0.392 e. The van der Waals surface area contributed by atoms with Crippen LogP contribution in [-0.4, -0.2) is 31.4 Å². The van der Waals surface area contributed by atoms with E-state index in [1.807, 2.05) is 12.1 Å². The molecule has 134 valence electrons. The Balaban J connectivity index is 1.63. The zero-order valence-electron chi connectivity index (χ0n) is 15.1. The van der Waals surface area contributed by atoms with Gasteiger partial charge in [-0.1, -0.05) is 36.4 Å². The van der Waals surface area contributed by atoms with Crippen LogP contribution in [0.15, 0.2) is 48.5 Å². The number of aliphatic hydroxyl groups excluding tert-OH is 1. The van der Waals surface area contributed by atoms with E-state index >= 15 is 0 Å². The van der Waals surface area contributed by atoms with Gasteiger partial charge in [0.15, 0.2) is 0 Å². The van der Waals surface area contributed by atoms with E-state index in [1.165, 1.54) is 16.8 Å². The number of nitrogens with zero attached hydrogens (tertiary/aromatic N) is 1. The van der Waals surface area contributed by atoms with Crippen LogP contribution in [-0.2, 0) is 11.3 Å². The normalized spacial score (nSPS) is 17.3. The minimum atomic E-state index is 0.0825. The highest BCUT2D eigenvalue weighted by molar-refractivity contribution is 5.48. The van der Waals surface area contributed by atoms with Crippen molar-refractivity contribution in [1.82, 2.24) is 5.32 Å². The lowest BCUT2D eigenvalue weighted by Crippen LogP contribution is -2.36. The molecule has 0 aromatic heterocycles. The third-order valence-electron chi connectivity index (χ3n) is 4.90. The molecule has 1 aliphatic heterocycles.